The van der Waals surface area contributed by atoms with Crippen LogP contribution in [0.25, 0.3) is 0 Å². The molecule has 3 N–H and O–H groups in total. The third-order valence-corrected chi connectivity index (χ3v) is 3.77. The molecule has 0 spiro atoms. The van der Waals surface area contributed by atoms with E-state index in [0.717, 1.165) is 12.0 Å². The molecule has 1 unspecified atom stereocenters. The Hall–Kier alpha value is -1.88. The summed E-state index contributed by atoms with van der Waals surface area (Å²) in [6.07, 6.45) is 1.89. The Morgan fingerprint density at radius 3 is 2.75 bits per heavy atom. The van der Waals surface area contributed by atoms with Crippen molar-refractivity contribution in [2.24, 2.45) is 11.7 Å². The minimum absolute atomic E-state index is 0.174. The SMILES string of the molecule is CCCC(CN)C(=O)N1c2ccccc2C[C@H]1C(=O)O. The lowest BCUT2D eigenvalue weighted by molar-refractivity contribution is -0.140. The average Bonchev–Trinajstić information content (AvgIpc) is 2.83. The van der Waals surface area contributed by atoms with E-state index in [2.05, 4.69) is 0 Å². The van der Waals surface area contributed by atoms with Crippen LogP contribution in [0, 0.1) is 5.92 Å². The van der Waals surface area contributed by atoms with Gasteiger partial charge < -0.3 is 10.8 Å². The second-order valence-corrected chi connectivity index (χ2v) is 5.12. The maximum absolute atomic E-state index is 12.6. The molecular weight excluding hydrogens is 256 g/mol. The van der Waals surface area contributed by atoms with Gasteiger partial charge in [0.2, 0.25) is 5.91 Å². The van der Waals surface area contributed by atoms with Gasteiger partial charge in [-0.15, -0.1) is 0 Å². The first-order chi connectivity index (χ1) is 9.60. The molecule has 2 rings (SSSR count). The lowest BCUT2D eigenvalue weighted by atomic mass is 10.0. The van der Waals surface area contributed by atoms with Gasteiger partial charge in [-0.3, -0.25) is 9.69 Å². The van der Waals surface area contributed by atoms with Gasteiger partial charge in [0, 0.05) is 18.7 Å². The third kappa shape index (κ3) is 2.54. The van der Waals surface area contributed by atoms with Gasteiger partial charge in [-0.1, -0.05) is 31.5 Å². The van der Waals surface area contributed by atoms with Gasteiger partial charge >= 0.3 is 5.97 Å². The summed E-state index contributed by atoms with van der Waals surface area (Å²) < 4.78 is 0. The van der Waals surface area contributed by atoms with Crippen molar-refractivity contribution in [1.82, 2.24) is 0 Å². The molecule has 0 fully saturated rings. The highest BCUT2D eigenvalue weighted by atomic mass is 16.4. The summed E-state index contributed by atoms with van der Waals surface area (Å²) in [6.45, 7) is 2.24. The third-order valence-electron chi connectivity index (χ3n) is 3.77. The van der Waals surface area contributed by atoms with E-state index >= 15 is 0 Å². The number of para-hydroxylation sites is 1. The zero-order chi connectivity index (χ0) is 14.7. The molecule has 0 aliphatic carbocycles. The summed E-state index contributed by atoms with van der Waals surface area (Å²) in [5, 5.41) is 9.36. The summed E-state index contributed by atoms with van der Waals surface area (Å²) in [7, 11) is 0. The molecule has 1 amide bonds. The standard InChI is InChI=1S/C15H20N2O3/c1-2-5-11(9-16)14(18)17-12-7-4-3-6-10(12)8-13(17)15(19)20/h3-4,6-7,11,13H,2,5,8-9,16H2,1H3,(H,19,20)/t11?,13-/m0/s1. The first kappa shape index (κ1) is 14.5. The van der Waals surface area contributed by atoms with Crippen molar-refractivity contribution in [3.05, 3.63) is 29.8 Å². The Bertz CT molecular complexity index is 516. The van der Waals surface area contributed by atoms with Crippen LogP contribution in [0.3, 0.4) is 0 Å². The van der Waals surface area contributed by atoms with Crippen molar-refractivity contribution >= 4 is 17.6 Å². The van der Waals surface area contributed by atoms with E-state index in [4.69, 9.17) is 5.73 Å². The number of amides is 1. The molecule has 1 aliphatic heterocycles. The number of benzene rings is 1. The fourth-order valence-corrected chi connectivity index (χ4v) is 2.74. The van der Waals surface area contributed by atoms with Crippen LogP contribution in [-0.4, -0.2) is 29.6 Å². The summed E-state index contributed by atoms with van der Waals surface area (Å²) >= 11 is 0. The van der Waals surface area contributed by atoms with Gasteiger partial charge in [-0.05, 0) is 18.1 Å². The number of hydrogen-bond acceptors (Lipinski definition) is 3. The Balaban J connectivity index is 2.35. The summed E-state index contributed by atoms with van der Waals surface area (Å²) in [5.74, 6) is -1.46. The van der Waals surface area contributed by atoms with Crippen LogP contribution in [0.2, 0.25) is 0 Å². The number of nitrogens with two attached hydrogens (primary N) is 1. The number of carboxylic acid groups (broad SMARTS) is 1. The minimum atomic E-state index is -0.971. The Morgan fingerprint density at radius 1 is 1.45 bits per heavy atom. The highest BCUT2D eigenvalue weighted by Gasteiger charge is 2.40. The van der Waals surface area contributed by atoms with Gasteiger partial charge in [0.05, 0.1) is 5.92 Å². The molecule has 1 aromatic carbocycles. The largest absolute Gasteiger partial charge is 0.480 e. The van der Waals surface area contributed by atoms with Crippen molar-refractivity contribution in [1.29, 1.82) is 0 Å². The zero-order valence-electron chi connectivity index (χ0n) is 11.6. The van der Waals surface area contributed by atoms with Crippen LogP contribution in [0.4, 0.5) is 5.69 Å². The quantitative estimate of drug-likeness (QED) is 0.851. The predicted molar refractivity (Wildman–Crippen MR) is 76.5 cm³/mol. The highest BCUT2D eigenvalue weighted by molar-refractivity contribution is 6.03. The molecule has 108 valence electrons. The molecule has 0 saturated heterocycles. The molecule has 0 bridgehead atoms. The second kappa shape index (κ2) is 6.05. The van der Waals surface area contributed by atoms with Crippen LogP contribution in [0.5, 0.6) is 0 Å². The van der Waals surface area contributed by atoms with E-state index < -0.39 is 12.0 Å². The molecular formula is C15H20N2O3. The maximum Gasteiger partial charge on any atom is 0.327 e. The van der Waals surface area contributed by atoms with Crippen LogP contribution < -0.4 is 10.6 Å². The minimum Gasteiger partial charge on any atom is -0.480 e. The van der Waals surface area contributed by atoms with E-state index in [9.17, 15) is 14.7 Å². The lowest BCUT2D eigenvalue weighted by Gasteiger charge is -2.26. The molecule has 5 heteroatoms. The number of carbonyl (C=O) groups excluding carboxylic acids is 1. The van der Waals surface area contributed by atoms with Gasteiger partial charge in [0.25, 0.3) is 0 Å². The smallest absolute Gasteiger partial charge is 0.327 e. The number of fused-ring (bicyclic) bond motifs is 1. The summed E-state index contributed by atoms with van der Waals surface area (Å²) in [4.78, 5) is 25.5. The average molecular weight is 276 g/mol. The fourth-order valence-electron chi connectivity index (χ4n) is 2.74. The lowest BCUT2D eigenvalue weighted by Crippen LogP contribution is -2.47. The first-order valence-electron chi connectivity index (χ1n) is 6.94. The predicted octanol–water partition coefficient (Wildman–Crippen LogP) is 1.40. The molecule has 1 aromatic rings. The number of carboxylic acids is 1. The van der Waals surface area contributed by atoms with E-state index in [1.54, 1.807) is 6.07 Å². The van der Waals surface area contributed by atoms with Gasteiger partial charge in [0.1, 0.15) is 6.04 Å². The van der Waals surface area contributed by atoms with Crippen molar-refractivity contribution in [2.75, 3.05) is 11.4 Å². The number of carbonyl (C=O) groups is 2. The topological polar surface area (TPSA) is 83.6 Å². The summed E-state index contributed by atoms with van der Waals surface area (Å²) in [6, 6.07) is 6.54. The van der Waals surface area contributed by atoms with E-state index in [0.29, 0.717) is 18.5 Å². The van der Waals surface area contributed by atoms with Crippen LogP contribution in [0.1, 0.15) is 25.3 Å². The molecule has 0 saturated carbocycles. The molecule has 1 aliphatic rings. The van der Waals surface area contributed by atoms with Crippen molar-refractivity contribution in [3.63, 3.8) is 0 Å². The Labute approximate surface area is 118 Å². The van der Waals surface area contributed by atoms with Crippen LogP contribution in [0.15, 0.2) is 24.3 Å². The maximum atomic E-state index is 12.6. The van der Waals surface area contributed by atoms with Crippen molar-refractivity contribution < 1.29 is 14.7 Å². The number of aliphatic carboxylic acids is 1. The Morgan fingerprint density at radius 2 is 2.15 bits per heavy atom. The Kier molecular flexibility index (Phi) is 4.39. The molecule has 5 nitrogen and oxygen atoms in total. The highest BCUT2D eigenvalue weighted by Crippen LogP contribution is 2.33. The number of rotatable bonds is 5. The molecule has 1 heterocycles. The monoisotopic (exact) mass is 276 g/mol. The molecule has 0 aromatic heterocycles. The van der Waals surface area contributed by atoms with Crippen LogP contribution in [-0.2, 0) is 16.0 Å². The van der Waals surface area contributed by atoms with E-state index in [1.165, 1.54) is 4.90 Å². The van der Waals surface area contributed by atoms with Gasteiger partial charge in [-0.2, -0.15) is 0 Å². The van der Waals surface area contributed by atoms with E-state index in [-0.39, 0.29) is 18.4 Å². The van der Waals surface area contributed by atoms with Crippen molar-refractivity contribution in [2.45, 2.75) is 32.2 Å². The fraction of sp³-hybridized carbons (Fsp3) is 0.467. The van der Waals surface area contributed by atoms with E-state index in [1.807, 2.05) is 25.1 Å². The number of anilines is 1. The van der Waals surface area contributed by atoms with Crippen molar-refractivity contribution in [3.8, 4) is 0 Å². The number of hydrogen-bond donors (Lipinski definition) is 2. The molecule has 20 heavy (non-hydrogen) atoms. The second-order valence-electron chi connectivity index (χ2n) is 5.12. The van der Waals surface area contributed by atoms with Crippen LogP contribution >= 0.6 is 0 Å². The molecule has 2 atom stereocenters. The number of nitrogens with zero attached hydrogens (tertiary/aromatic N) is 1. The summed E-state index contributed by atoms with van der Waals surface area (Å²) in [5.41, 5.74) is 7.29. The normalized spacial score (nSPS) is 18.7. The zero-order valence-corrected chi connectivity index (χ0v) is 11.6. The first-order valence-corrected chi connectivity index (χ1v) is 6.94. The van der Waals surface area contributed by atoms with Gasteiger partial charge in [-0.25, -0.2) is 4.79 Å². The van der Waals surface area contributed by atoms with Gasteiger partial charge in [0.15, 0.2) is 0 Å². The molecule has 0 radical (unpaired) electrons.